The highest BCUT2D eigenvalue weighted by Crippen LogP contribution is 2.20. The van der Waals surface area contributed by atoms with Gasteiger partial charge in [0, 0.05) is 6.54 Å². The topological polar surface area (TPSA) is 66.6 Å². The Kier molecular flexibility index (Phi) is 4.33. The summed E-state index contributed by atoms with van der Waals surface area (Å²) in [6.45, 7) is 2.99. The second-order valence-electron chi connectivity index (χ2n) is 4.85. The molecule has 1 saturated heterocycles. The molecule has 0 bridgehead atoms. The third kappa shape index (κ3) is 3.09. The largest absolute Gasteiger partial charge is 0.480 e. The Labute approximate surface area is 107 Å². The van der Waals surface area contributed by atoms with E-state index in [9.17, 15) is 4.79 Å². The summed E-state index contributed by atoms with van der Waals surface area (Å²) in [6.07, 6.45) is 3.76. The minimum absolute atomic E-state index is 0.732. The van der Waals surface area contributed by atoms with E-state index in [1.807, 2.05) is 24.3 Å². The average molecular weight is 248 g/mol. The smallest absolute Gasteiger partial charge is 0.325 e. The van der Waals surface area contributed by atoms with Crippen molar-refractivity contribution in [1.29, 1.82) is 0 Å². The predicted octanol–water partition coefficient (Wildman–Crippen LogP) is 1.76. The van der Waals surface area contributed by atoms with Gasteiger partial charge >= 0.3 is 5.97 Å². The minimum atomic E-state index is -0.971. The minimum Gasteiger partial charge on any atom is -0.480 e. The molecule has 18 heavy (non-hydrogen) atoms. The number of piperidine rings is 1. The molecule has 1 aromatic rings. The van der Waals surface area contributed by atoms with E-state index < -0.39 is 12.0 Å². The van der Waals surface area contributed by atoms with Crippen molar-refractivity contribution in [3.8, 4) is 0 Å². The maximum Gasteiger partial charge on any atom is 0.325 e. The summed E-state index contributed by atoms with van der Waals surface area (Å²) >= 11 is 0. The van der Waals surface area contributed by atoms with Crippen LogP contribution in [0, 0.1) is 0 Å². The lowest BCUT2D eigenvalue weighted by Crippen LogP contribution is -2.30. The van der Waals surface area contributed by atoms with Gasteiger partial charge in [0.2, 0.25) is 0 Å². The van der Waals surface area contributed by atoms with Gasteiger partial charge < -0.3 is 10.8 Å². The molecule has 0 saturated carbocycles. The first-order valence-electron chi connectivity index (χ1n) is 6.47. The van der Waals surface area contributed by atoms with Crippen molar-refractivity contribution in [2.45, 2.75) is 31.8 Å². The number of nitrogens with zero attached hydrogens (tertiary/aromatic N) is 1. The lowest BCUT2D eigenvalue weighted by atomic mass is 9.99. The Bertz CT molecular complexity index is 414. The van der Waals surface area contributed by atoms with Gasteiger partial charge in [0.05, 0.1) is 0 Å². The Morgan fingerprint density at radius 3 is 2.61 bits per heavy atom. The highest BCUT2D eigenvalue weighted by Gasteiger charge is 2.19. The summed E-state index contributed by atoms with van der Waals surface area (Å²) < 4.78 is 0. The van der Waals surface area contributed by atoms with Gasteiger partial charge in [-0.2, -0.15) is 0 Å². The molecule has 0 spiro atoms. The fourth-order valence-corrected chi connectivity index (χ4v) is 2.47. The van der Waals surface area contributed by atoms with Crippen LogP contribution in [0.2, 0.25) is 0 Å². The van der Waals surface area contributed by atoms with E-state index in [0.29, 0.717) is 0 Å². The zero-order valence-corrected chi connectivity index (χ0v) is 10.5. The summed E-state index contributed by atoms with van der Waals surface area (Å²) in [6, 6.07) is 6.66. The molecule has 4 nitrogen and oxygen atoms in total. The third-order valence-corrected chi connectivity index (χ3v) is 3.50. The average Bonchev–Trinajstić information content (AvgIpc) is 2.39. The standard InChI is InChI=1S/C14H20N2O2/c15-13(14(17)18)12-7-3-2-6-11(12)10-16-8-4-1-5-9-16/h2-3,6-7,13H,1,4-5,8-10,15H2,(H,17,18). The highest BCUT2D eigenvalue weighted by molar-refractivity contribution is 5.75. The van der Waals surface area contributed by atoms with Crippen molar-refractivity contribution in [1.82, 2.24) is 4.90 Å². The van der Waals surface area contributed by atoms with Crippen LogP contribution < -0.4 is 5.73 Å². The number of carboxylic acid groups (broad SMARTS) is 1. The number of hydrogen-bond acceptors (Lipinski definition) is 3. The SMILES string of the molecule is NC(C(=O)O)c1ccccc1CN1CCCCC1. The number of likely N-dealkylation sites (tertiary alicyclic amines) is 1. The van der Waals surface area contributed by atoms with Gasteiger partial charge in [-0.05, 0) is 37.1 Å². The fourth-order valence-electron chi connectivity index (χ4n) is 2.47. The van der Waals surface area contributed by atoms with Crippen LogP contribution in [0.5, 0.6) is 0 Å². The maximum absolute atomic E-state index is 11.0. The van der Waals surface area contributed by atoms with E-state index in [1.54, 1.807) is 0 Å². The Morgan fingerprint density at radius 2 is 1.94 bits per heavy atom. The van der Waals surface area contributed by atoms with Gasteiger partial charge in [0.15, 0.2) is 0 Å². The molecular formula is C14H20N2O2. The summed E-state index contributed by atoms with van der Waals surface area (Å²) in [5.74, 6) is -0.971. The molecule has 4 heteroatoms. The lowest BCUT2D eigenvalue weighted by Gasteiger charge is -2.27. The Morgan fingerprint density at radius 1 is 1.28 bits per heavy atom. The van der Waals surface area contributed by atoms with Crippen molar-refractivity contribution in [3.05, 3.63) is 35.4 Å². The van der Waals surface area contributed by atoms with Gasteiger partial charge in [-0.25, -0.2) is 0 Å². The molecule has 0 aliphatic carbocycles. The van der Waals surface area contributed by atoms with Crippen LogP contribution in [0.3, 0.4) is 0 Å². The van der Waals surface area contributed by atoms with Crippen molar-refractivity contribution >= 4 is 5.97 Å². The molecule has 3 N–H and O–H groups in total. The molecule has 0 radical (unpaired) electrons. The normalized spacial score (nSPS) is 18.5. The summed E-state index contributed by atoms with van der Waals surface area (Å²) in [5, 5.41) is 9.03. The monoisotopic (exact) mass is 248 g/mol. The molecule has 1 fully saturated rings. The summed E-state index contributed by atoms with van der Waals surface area (Å²) in [5.41, 5.74) is 7.49. The van der Waals surface area contributed by atoms with Crippen molar-refractivity contribution in [2.24, 2.45) is 5.73 Å². The van der Waals surface area contributed by atoms with Gasteiger partial charge in [-0.3, -0.25) is 9.69 Å². The van der Waals surface area contributed by atoms with Crippen LogP contribution in [-0.4, -0.2) is 29.1 Å². The van der Waals surface area contributed by atoms with Crippen LogP contribution in [0.25, 0.3) is 0 Å². The van der Waals surface area contributed by atoms with Crippen LogP contribution in [0.1, 0.15) is 36.4 Å². The molecular weight excluding hydrogens is 228 g/mol. The molecule has 2 rings (SSSR count). The van der Waals surface area contributed by atoms with E-state index >= 15 is 0 Å². The predicted molar refractivity (Wildman–Crippen MR) is 70.1 cm³/mol. The number of carboxylic acids is 1. The number of nitrogens with two attached hydrogens (primary N) is 1. The van der Waals surface area contributed by atoms with Crippen molar-refractivity contribution < 1.29 is 9.90 Å². The fraction of sp³-hybridized carbons (Fsp3) is 0.500. The lowest BCUT2D eigenvalue weighted by molar-refractivity contribution is -0.138. The van der Waals surface area contributed by atoms with Gasteiger partial charge in [0.25, 0.3) is 0 Å². The zero-order valence-electron chi connectivity index (χ0n) is 10.5. The second kappa shape index (κ2) is 5.98. The molecule has 1 atom stereocenters. The van der Waals surface area contributed by atoms with Gasteiger partial charge in [-0.1, -0.05) is 30.7 Å². The molecule has 1 unspecified atom stereocenters. The van der Waals surface area contributed by atoms with Crippen LogP contribution in [-0.2, 0) is 11.3 Å². The van der Waals surface area contributed by atoms with Crippen molar-refractivity contribution in [3.63, 3.8) is 0 Å². The number of rotatable bonds is 4. The van der Waals surface area contributed by atoms with E-state index in [0.717, 1.165) is 30.8 Å². The third-order valence-electron chi connectivity index (χ3n) is 3.50. The van der Waals surface area contributed by atoms with Crippen molar-refractivity contribution in [2.75, 3.05) is 13.1 Å². The highest BCUT2D eigenvalue weighted by atomic mass is 16.4. The maximum atomic E-state index is 11.0. The summed E-state index contributed by atoms with van der Waals surface area (Å²) in [7, 11) is 0. The molecule has 0 aromatic heterocycles. The van der Waals surface area contributed by atoms with Crippen LogP contribution >= 0.6 is 0 Å². The number of benzene rings is 1. The first-order valence-corrected chi connectivity index (χ1v) is 6.47. The quantitative estimate of drug-likeness (QED) is 0.852. The van der Waals surface area contributed by atoms with E-state index in [1.165, 1.54) is 19.3 Å². The molecule has 1 aliphatic heterocycles. The van der Waals surface area contributed by atoms with E-state index in [2.05, 4.69) is 4.90 Å². The molecule has 1 aliphatic rings. The molecule has 1 aromatic carbocycles. The second-order valence-corrected chi connectivity index (χ2v) is 4.85. The van der Waals surface area contributed by atoms with Crippen LogP contribution in [0.15, 0.2) is 24.3 Å². The molecule has 0 amide bonds. The first-order chi connectivity index (χ1) is 8.68. The van der Waals surface area contributed by atoms with Gasteiger partial charge in [-0.15, -0.1) is 0 Å². The molecule has 1 heterocycles. The van der Waals surface area contributed by atoms with E-state index in [4.69, 9.17) is 10.8 Å². The van der Waals surface area contributed by atoms with Gasteiger partial charge in [0.1, 0.15) is 6.04 Å². The number of carbonyl (C=O) groups is 1. The summed E-state index contributed by atoms with van der Waals surface area (Å²) in [4.78, 5) is 13.4. The Hall–Kier alpha value is -1.39. The van der Waals surface area contributed by atoms with E-state index in [-0.39, 0.29) is 0 Å². The molecule has 98 valence electrons. The number of hydrogen-bond donors (Lipinski definition) is 2. The Balaban J connectivity index is 2.13. The van der Waals surface area contributed by atoms with Crippen LogP contribution in [0.4, 0.5) is 0 Å². The first kappa shape index (κ1) is 13.1. The number of aliphatic carboxylic acids is 1. The zero-order chi connectivity index (χ0) is 13.0.